The summed E-state index contributed by atoms with van der Waals surface area (Å²) >= 11 is 1.76. The van der Waals surface area contributed by atoms with Crippen molar-refractivity contribution in [2.24, 2.45) is 5.10 Å². The molecule has 2 aromatic rings. The van der Waals surface area contributed by atoms with Crippen LogP contribution in [-0.2, 0) is 0 Å². The van der Waals surface area contributed by atoms with E-state index in [0.29, 0.717) is 12.8 Å². The van der Waals surface area contributed by atoms with Gasteiger partial charge in [-0.05, 0) is 29.6 Å². The highest BCUT2D eigenvalue weighted by molar-refractivity contribution is 7.10. The molecule has 0 fully saturated rings. The maximum absolute atomic E-state index is 5.40. The van der Waals surface area contributed by atoms with Crippen LogP contribution in [0.4, 0.5) is 0 Å². The van der Waals surface area contributed by atoms with E-state index in [-0.39, 0.29) is 0 Å². The number of nitrogens with zero attached hydrogens (tertiary/aromatic N) is 1. The predicted octanol–water partition coefficient (Wildman–Crippen LogP) is 2.92. The molecule has 0 saturated heterocycles. The Kier molecular flexibility index (Phi) is 2.45. The van der Waals surface area contributed by atoms with Gasteiger partial charge in [-0.3, -0.25) is 0 Å². The van der Waals surface area contributed by atoms with Crippen LogP contribution in [0.5, 0.6) is 11.5 Å². The van der Waals surface area contributed by atoms with E-state index in [2.05, 4.69) is 28.0 Å². The van der Waals surface area contributed by atoms with E-state index in [1.54, 1.807) is 11.3 Å². The van der Waals surface area contributed by atoms with Gasteiger partial charge in [0.2, 0.25) is 6.79 Å². The fourth-order valence-corrected chi connectivity index (χ4v) is 3.12. The fraction of sp³-hybridized carbons (Fsp3) is 0.214. The standard InChI is InChI=1S/C14H12N2O2S/c1-2-14(19-5-1)11-7-10(15-16-11)9-3-4-12-13(6-9)18-8-17-12/h1-6,11,16H,7-8H2. The number of ether oxygens (including phenoxy) is 2. The Morgan fingerprint density at radius 3 is 3.05 bits per heavy atom. The molecule has 2 aliphatic rings. The van der Waals surface area contributed by atoms with Crippen molar-refractivity contribution >= 4 is 17.0 Å². The van der Waals surface area contributed by atoms with Crippen molar-refractivity contribution in [3.63, 3.8) is 0 Å². The second-order valence-corrected chi connectivity index (χ2v) is 5.51. The molecule has 0 spiro atoms. The molecule has 1 atom stereocenters. The van der Waals surface area contributed by atoms with Crippen molar-refractivity contribution in [2.75, 3.05) is 6.79 Å². The van der Waals surface area contributed by atoms with Gasteiger partial charge in [0.1, 0.15) is 0 Å². The van der Waals surface area contributed by atoms with E-state index in [1.807, 2.05) is 18.2 Å². The topological polar surface area (TPSA) is 42.9 Å². The molecule has 1 aromatic carbocycles. The monoisotopic (exact) mass is 272 g/mol. The number of hydrogen-bond donors (Lipinski definition) is 1. The average Bonchev–Trinajstić information content (AvgIpc) is 3.18. The molecule has 3 heterocycles. The first-order valence-electron chi connectivity index (χ1n) is 6.16. The van der Waals surface area contributed by atoms with Crippen LogP contribution < -0.4 is 14.9 Å². The van der Waals surface area contributed by atoms with Crippen molar-refractivity contribution in [1.82, 2.24) is 5.43 Å². The van der Waals surface area contributed by atoms with E-state index in [0.717, 1.165) is 29.2 Å². The predicted molar refractivity (Wildman–Crippen MR) is 73.9 cm³/mol. The Hall–Kier alpha value is -2.01. The molecule has 4 nitrogen and oxygen atoms in total. The van der Waals surface area contributed by atoms with Crippen LogP contribution in [0.15, 0.2) is 40.8 Å². The smallest absolute Gasteiger partial charge is 0.231 e. The van der Waals surface area contributed by atoms with Gasteiger partial charge in [-0.25, -0.2) is 0 Å². The lowest BCUT2D eigenvalue weighted by Crippen LogP contribution is -2.07. The summed E-state index contributed by atoms with van der Waals surface area (Å²) < 4.78 is 10.7. The quantitative estimate of drug-likeness (QED) is 0.914. The zero-order chi connectivity index (χ0) is 12.7. The third kappa shape index (κ3) is 1.86. The lowest BCUT2D eigenvalue weighted by Gasteiger charge is -2.06. The molecule has 0 saturated carbocycles. The highest BCUT2D eigenvalue weighted by Gasteiger charge is 2.23. The number of fused-ring (bicyclic) bond motifs is 1. The molecular weight excluding hydrogens is 260 g/mol. The molecule has 4 rings (SSSR count). The van der Waals surface area contributed by atoms with Crippen molar-refractivity contribution in [2.45, 2.75) is 12.5 Å². The Balaban J connectivity index is 1.58. The van der Waals surface area contributed by atoms with Gasteiger partial charge >= 0.3 is 0 Å². The summed E-state index contributed by atoms with van der Waals surface area (Å²) in [5, 5.41) is 6.54. The molecule has 1 aromatic heterocycles. The van der Waals surface area contributed by atoms with Crippen molar-refractivity contribution in [3.8, 4) is 11.5 Å². The van der Waals surface area contributed by atoms with Gasteiger partial charge in [0.25, 0.3) is 0 Å². The van der Waals surface area contributed by atoms with Gasteiger partial charge in [-0.1, -0.05) is 6.07 Å². The summed E-state index contributed by atoms with van der Waals surface area (Å²) in [6, 6.07) is 10.5. The van der Waals surface area contributed by atoms with Crippen molar-refractivity contribution in [3.05, 3.63) is 46.2 Å². The maximum Gasteiger partial charge on any atom is 0.231 e. The first-order valence-corrected chi connectivity index (χ1v) is 7.03. The van der Waals surface area contributed by atoms with Crippen molar-refractivity contribution < 1.29 is 9.47 Å². The van der Waals surface area contributed by atoms with Crippen LogP contribution in [-0.4, -0.2) is 12.5 Å². The number of hydrogen-bond acceptors (Lipinski definition) is 5. The lowest BCUT2D eigenvalue weighted by atomic mass is 10.0. The minimum atomic E-state index is 0.292. The molecule has 1 N–H and O–H groups in total. The molecule has 2 aliphatic heterocycles. The Morgan fingerprint density at radius 1 is 1.21 bits per heavy atom. The van der Waals surface area contributed by atoms with Gasteiger partial charge in [0, 0.05) is 16.9 Å². The molecule has 96 valence electrons. The van der Waals surface area contributed by atoms with E-state index in [1.165, 1.54) is 4.88 Å². The maximum atomic E-state index is 5.40. The van der Waals surface area contributed by atoms with E-state index in [4.69, 9.17) is 9.47 Å². The van der Waals surface area contributed by atoms with E-state index >= 15 is 0 Å². The number of hydrazone groups is 1. The van der Waals surface area contributed by atoms with Crippen LogP contribution in [0.3, 0.4) is 0 Å². The normalized spacial score (nSPS) is 20.2. The van der Waals surface area contributed by atoms with E-state index < -0.39 is 0 Å². The number of thiophene rings is 1. The molecule has 0 aliphatic carbocycles. The Morgan fingerprint density at radius 2 is 2.16 bits per heavy atom. The number of benzene rings is 1. The van der Waals surface area contributed by atoms with Crippen LogP contribution in [0.25, 0.3) is 0 Å². The largest absolute Gasteiger partial charge is 0.454 e. The van der Waals surface area contributed by atoms with Gasteiger partial charge < -0.3 is 14.9 Å². The highest BCUT2D eigenvalue weighted by Crippen LogP contribution is 2.34. The summed E-state index contributed by atoms with van der Waals surface area (Å²) in [7, 11) is 0. The summed E-state index contributed by atoms with van der Waals surface area (Å²) in [4.78, 5) is 1.32. The molecule has 1 unspecified atom stereocenters. The van der Waals surface area contributed by atoms with Crippen LogP contribution in [0.1, 0.15) is 22.9 Å². The third-order valence-electron chi connectivity index (χ3n) is 3.35. The molecule has 19 heavy (non-hydrogen) atoms. The summed E-state index contributed by atoms with van der Waals surface area (Å²) in [5.41, 5.74) is 5.36. The first-order chi connectivity index (χ1) is 9.40. The summed E-state index contributed by atoms with van der Waals surface area (Å²) in [5.74, 6) is 1.62. The van der Waals surface area contributed by atoms with Crippen LogP contribution in [0, 0.1) is 0 Å². The van der Waals surface area contributed by atoms with Gasteiger partial charge in [0.15, 0.2) is 11.5 Å². The molecular formula is C14H12N2O2S. The fourth-order valence-electron chi connectivity index (χ4n) is 2.35. The zero-order valence-corrected chi connectivity index (χ0v) is 10.9. The summed E-state index contributed by atoms with van der Waals surface area (Å²) in [6.07, 6.45) is 0.903. The average molecular weight is 272 g/mol. The molecule has 0 amide bonds. The minimum absolute atomic E-state index is 0.292. The highest BCUT2D eigenvalue weighted by atomic mass is 32.1. The number of rotatable bonds is 2. The number of nitrogens with one attached hydrogen (secondary N) is 1. The summed E-state index contributed by atoms with van der Waals surface area (Å²) in [6.45, 7) is 0.307. The van der Waals surface area contributed by atoms with Gasteiger partial charge in [0.05, 0.1) is 11.8 Å². The Bertz CT molecular complexity index is 637. The minimum Gasteiger partial charge on any atom is -0.454 e. The van der Waals surface area contributed by atoms with E-state index in [9.17, 15) is 0 Å². The Labute approximate surface area is 114 Å². The molecule has 0 radical (unpaired) electrons. The van der Waals surface area contributed by atoms with Gasteiger partial charge in [-0.2, -0.15) is 5.10 Å². The lowest BCUT2D eigenvalue weighted by molar-refractivity contribution is 0.174. The SMILES string of the molecule is c1csc(C2CC(c3ccc4c(c3)OCO4)=NN2)c1. The second kappa shape index (κ2) is 4.28. The third-order valence-corrected chi connectivity index (χ3v) is 4.33. The molecule has 0 bridgehead atoms. The second-order valence-electron chi connectivity index (χ2n) is 4.53. The van der Waals surface area contributed by atoms with Crippen molar-refractivity contribution in [1.29, 1.82) is 0 Å². The van der Waals surface area contributed by atoms with Gasteiger partial charge in [-0.15, -0.1) is 11.3 Å². The zero-order valence-electron chi connectivity index (χ0n) is 10.1. The first kappa shape index (κ1) is 10.9. The molecule has 5 heteroatoms. The van der Waals surface area contributed by atoms with Crippen LogP contribution in [0.2, 0.25) is 0 Å². The van der Waals surface area contributed by atoms with Crippen LogP contribution >= 0.6 is 11.3 Å².